The zero-order valence-electron chi connectivity index (χ0n) is 13.8. The van der Waals surface area contributed by atoms with Gasteiger partial charge >= 0.3 is 6.18 Å². The van der Waals surface area contributed by atoms with Gasteiger partial charge in [0.2, 0.25) is 5.78 Å². The van der Waals surface area contributed by atoms with Crippen molar-refractivity contribution < 1.29 is 18.0 Å². The number of rotatable bonds is 4. The zero-order valence-corrected chi connectivity index (χ0v) is 15.3. The molecule has 2 aromatic heterocycles. The summed E-state index contributed by atoms with van der Waals surface area (Å²) in [5.74, 6) is -2.22. The summed E-state index contributed by atoms with van der Waals surface area (Å²) in [5, 5.41) is 16.0. The topological polar surface area (TPSA) is 82.4 Å². The minimum atomic E-state index is -4.64. The fourth-order valence-electron chi connectivity index (χ4n) is 2.46. The van der Waals surface area contributed by atoms with Crippen molar-refractivity contribution in [2.24, 2.45) is 0 Å². The van der Waals surface area contributed by atoms with Gasteiger partial charge < -0.3 is 0 Å². The van der Waals surface area contributed by atoms with E-state index in [2.05, 4.69) is 15.2 Å². The number of aromatic nitrogens is 3. The molecule has 10 heteroatoms. The Kier molecular flexibility index (Phi) is 5.40. The molecule has 0 fully saturated rings. The number of pyridine rings is 1. The number of carbonyl (C=O) groups is 1. The Morgan fingerprint density at radius 3 is 2.57 bits per heavy atom. The molecule has 1 N–H and O–H groups in total. The van der Waals surface area contributed by atoms with Crippen molar-refractivity contribution in [2.75, 3.05) is 0 Å². The van der Waals surface area contributed by atoms with Gasteiger partial charge in [0, 0.05) is 16.8 Å². The number of nitrogens with zero attached hydrogens (tertiary/aromatic N) is 3. The monoisotopic (exact) mass is 424 g/mol. The lowest BCUT2D eigenvalue weighted by Gasteiger charge is -2.11. The van der Waals surface area contributed by atoms with Crippen LogP contribution >= 0.6 is 23.2 Å². The largest absolute Gasteiger partial charge is 0.417 e. The van der Waals surface area contributed by atoms with E-state index in [0.717, 1.165) is 0 Å². The second kappa shape index (κ2) is 7.62. The van der Waals surface area contributed by atoms with Crippen molar-refractivity contribution in [1.29, 1.82) is 5.26 Å². The molecule has 0 spiro atoms. The van der Waals surface area contributed by atoms with Crippen LogP contribution in [0.3, 0.4) is 0 Å². The second-order valence-corrected chi connectivity index (χ2v) is 6.54. The predicted molar refractivity (Wildman–Crippen MR) is 96.0 cm³/mol. The summed E-state index contributed by atoms with van der Waals surface area (Å²) in [6, 6.07) is 10.5. The third-order valence-corrected chi connectivity index (χ3v) is 4.36. The van der Waals surface area contributed by atoms with Crippen molar-refractivity contribution in [1.82, 2.24) is 15.2 Å². The average Bonchev–Trinajstić information content (AvgIpc) is 3.13. The first-order valence-electron chi connectivity index (χ1n) is 7.68. The molecule has 3 aromatic rings. The number of ketones is 1. The molecule has 0 aliphatic rings. The number of nitrogens with one attached hydrogen (secondary N) is 1. The molecule has 0 aliphatic carbocycles. The third kappa shape index (κ3) is 4.01. The minimum Gasteiger partial charge on any atom is -0.291 e. The normalized spacial score (nSPS) is 12.4. The SMILES string of the molecule is N#C[C@H](C(=O)c1cc(-c2cccc(Cl)c2)n[nH]1)c1ncc(C(F)(F)F)cc1Cl. The molecule has 0 saturated carbocycles. The van der Waals surface area contributed by atoms with E-state index in [1.807, 2.05) is 0 Å². The van der Waals surface area contributed by atoms with Gasteiger partial charge in [0.1, 0.15) is 5.69 Å². The van der Waals surface area contributed by atoms with Gasteiger partial charge in [0.05, 0.1) is 28.0 Å². The lowest BCUT2D eigenvalue weighted by atomic mass is 9.97. The van der Waals surface area contributed by atoms with Crippen molar-refractivity contribution in [2.45, 2.75) is 12.1 Å². The molecule has 2 heterocycles. The number of carbonyl (C=O) groups excluding carboxylic acids is 1. The summed E-state index contributed by atoms with van der Waals surface area (Å²) < 4.78 is 38.2. The molecule has 5 nitrogen and oxygen atoms in total. The van der Waals surface area contributed by atoms with E-state index in [4.69, 9.17) is 23.2 Å². The predicted octanol–water partition coefficient (Wildman–Crippen LogP) is 5.29. The highest BCUT2D eigenvalue weighted by molar-refractivity contribution is 6.31. The van der Waals surface area contributed by atoms with Crippen molar-refractivity contribution in [3.63, 3.8) is 0 Å². The summed E-state index contributed by atoms with van der Waals surface area (Å²) in [6.45, 7) is 0. The van der Waals surface area contributed by atoms with Crippen LogP contribution in [0.4, 0.5) is 13.2 Å². The number of nitriles is 1. The summed E-state index contributed by atoms with van der Waals surface area (Å²) >= 11 is 11.8. The van der Waals surface area contributed by atoms with Gasteiger partial charge in [-0.2, -0.15) is 23.5 Å². The molecule has 1 aromatic carbocycles. The van der Waals surface area contributed by atoms with E-state index < -0.39 is 28.5 Å². The standard InChI is InChI=1S/C18H9Cl2F3N4O/c19-11-3-1-2-9(4-11)14-6-15(27-26-14)17(28)12(7-24)16-13(20)5-10(8-25-16)18(21,22)23/h1-6,8,12H,(H,26,27)/t12-/m0/s1. The fourth-order valence-corrected chi connectivity index (χ4v) is 2.92. The second-order valence-electron chi connectivity index (χ2n) is 5.69. The van der Waals surface area contributed by atoms with Crippen LogP contribution in [0.25, 0.3) is 11.3 Å². The van der Waals surface area contributed by atoms with Gasteiger partial charge in [-0.25, -0.2) is 0 Å². The van der Waals surface area contributed by atoms with Crippen LogP contribution in [-0.4, -0.2) is 21.0 Å². The van der Waals surface area contributed by atoms with Crippen LogP contribution in [-0.2, 0) is 6.18 Å². The Bertz CT molecular complexity index is 1090. The third-order valence-electron chi connectivity index (χ3n) is 3.83. The molecule has 0 bridgehead atoms. The summed E-state index contributed by atoms with van der Waals surface area (Å²) in [7, 11) is 0. The van der Waals surface area contributed by atoms with Gasteiger partial charge in [0.15, 0.2) is 5.92 Å². The van der Waals surface area contributed by atoms with Crippen LogP contribution in [0.2, 0.25) is 10.0 Å². The van der Waals surface area contributed by atoms with Crippen molar-refractivity contribution in [3.05, 3.63) is 69.6 Å². The maximum Gasteiger partial charge on any atom is 0.417 e. The van der Waals surface area contributed by atoms with Crippen LogP contribution in [0, 0.1) is 11.3 Å². The first-order valence-corrected chi connectivity index (χ1v) is 8.44. The molecule has 0 unspecified atom stereocenters. The number of hydrogen-bond acceptors (Lipinski definition) is 4. The quantitative estimate of drug-likeness (QED) is 0.576. The Balaban J connectivity index is 1.92. The van der Waals surface area contributed by atoms with Gasteiger partial charge in [-0.1, -0.05) is 35.3 Å². The first-order chi connectivity index (χ1) is 13.2. The number of hydrogen-bond donors (Lipinski definition) is 1. The lowest BCUT2D eigenvalue weighted by Crippen LogP contribution is -2.15. The molecule has 28 heavy (non-hydrogen) atoms. The van der Waals surface area contributed by atoms with Crippen LogP contribution in [0.5, 0.6) is 0 Å². The molecule has 0 aliphatic heterocycles. The highest BCUT2D eigenvalue weighted by atomic mass is 35.5. The van der Waals surface area contributed by atoms with E-state index in [-0.39, 0.29) is 11.4 Å². The highest BCUT2D eigenvalue weighted by Gasteiger charge is 2.33. The van der Waals surface area contributed by atoms with Crippen LogP contribution in [0.1, 0.15) is 27.7 Å². The molecule has 1 atom stereocenters. The molecular formula is C18H9Cl2F3N4O. The number of halogens is 5. The maximum atomic E-state index is 12.7. The molecule has 0 saturated heterocycles. The Labute approximate surface area is 166 Å². The molecule has 0 radical (unpaired) electrons. The van der Waals surface area contributed by atoms with Gasteiger partial charge in [-0.05, 0) is 24.3 Å². The summed E-state index contributed by atoms with van der Waals surface area (Å²) in [6.07, 6.45) is -4.11. The minimum absolute atomic E-state index is 0.0145. The zero-order chi connectivity index (χ0) is 20.5. The maximum absolute atomic E-state index is 12.7. The van der Waals surface area contributed by atoms with Gasteiger partial charge in [-0.15, -0.1) is 0 Å². The molecule has 3 rings (SSSR count). The van der Waals surface area contributed by atoms with E-state index >= 15 is 0 Å². The summed E-state index contributed by atoms with van der Waals surface area (Å²) in [5.41, 5.74) is -0.299. The number of aromatic amines is 1. The van der Waals surface area contributed by atoms with E-state index in [1.54, 1.807) is 30.3 Å². The fraction of sp³-hybridized carbons (Fsp3) is 0.111. The Morgan fingerprint density at radius 1 is 1.21 bits per heavy atom. The number of benzene rings is 1. The number of alkyl halides is 3. The molecule has 142 valence electrons. The van der Waals surface area contributed by atoms with Crippen molar-refractivity contribution in [3.8, 4) is 17.3 Å². The van der Waals surface area contributed by atoms with E-state index in [0.29, 0.717) is 28.5 Å². The number of H-pyrrole nitrogens is 1. The summed E-state index contributed by atoms with van der Waals surface area (Å²) in [4.78, 5) is 16.3. The smallest absolute Gasteiger partial charge is 0.291 e. The van der Waals surface area contributed by atoms with Crippen LogP contribution < -0.4 is 0 Å². The molecular weight excluding hydrogens is 416 g/mol. The van der Waals surface area contributed by atoms with Crippen LogP contribution in [0.15, 0.2) is 42.6 Å². The van der Waals surface area contributed by atoms with Crippen molar-refractivity contribution >= 4 is 29.0 Å². The molecule has 0 amide bonds. The van der Waals surface area contributed by atoms with Gasteiger partial charge in [-0.3, -0.25) is 14.9 Å². The highest BCUT2D eigenvalue weighted by Crippen LogP contribution is 2.33. The Morgan fingerprint density at radius 2 is 1.96 bits per heavy atom. The Hall–Kier alpha value is -2.89. The van der Waals surface area contributed by atoms with E-state index in [9.17, 15) is 23.2 Å². The van der Waals surface area contributed by atoms with E-state index in [1.165, 1.54) is 6.07 Å². The van der Waals surface area contributed by atoms with Gasteiger partial charge in [0.25, 0.3) is 0 Å². The first kappa shape index (κ1) is 19.9. The number of Topliss-reactive ketones (excluding diaryl/α,β-unsaturated/α-hetero) is 1. The average molecular weight is 425 g/mol. The lowest BCUT2D eigenvalue weighted by molar-refractivity contribution is -0.137.